The van der Waals surface area contributed by atoms with Crippen LogP contribution < -0.4 is 15.4 Å². The Morgan fingerprint density at radius 2 is 1.92 bits per heavy atom. The van der Waals surface area contributed by atoms with Gasteiger partial charge in [-0.15, -0.1) is 11.3 Å². The molecule has 16 heteroatoms. The first-order valence-corrected chi connectivity index (χ1v) is 20.7. The van der Waals surface area contributed by atoms with E-state index >= 15 is 0 Å². The van der Waals surface area contributed by atoms with E-state index in [1.807, 2.05) is 12.2 Å². The predicted octanol–water partition coefficient (Wildman–Crippen LogP) is 3.68. The van der Waals surface area contributed by atoms with Gasteiger partial charge in [0.05, 0.1) is 24.0 Å². The van der Waals surface area contributed by atoms with E-state index in [0.29, 0.717) is 35.5 Å². The lowest BCUT2D eigenvalue weighted by Gasteiger charge is -2.29. The van der Waals surface area contributed by atoms with Crippen molar-refractivity contribution in [3.05, 3.63) is 57.9 Å². The van der Waals surface area contributed by atoms with Gasteiger partial charge in [-0.1, -0.05) is 37.1 Å². The van der Waals surface area contributed by atoms with Crippen LogP contribution in [0, 0.1) is 11.7 Å². The zero-order chi connectivity index (χ0) is 36.2. The predicted molar refractivity (Wildman–Crippen MR) is 189 cm³/mol. The summed E-state index contributed by atoms with van der Waals surface area (Å²) >= 11 is 1.54. The normalized spacial score (nSPS) is 29.5. The highest BCUT2D eigenvalue weighted by Crippen LogP contribution is 2.46. The molecular weight excluding hydrogens is 712 g/mol. The number of ether oxygens (including phenoxy) is 1. The van der Waals surface area contributed by atoms with Gasteiger partial charge >= 0.3 is 6.09 Å². The molecule has 278 valence electrons. The molecule has 2 saturated carbocycles. The largest absolute Gasteiger partial charge is 0.444 e. The molecule has 3 aliphatic carbocycles. The number of allylic oxidation sites excluding steroid dienone is 1. The van der Waals surface area contributed by atoms with Crippen molar-refractivity contribution in [2.45, 2.75) is 119 Å². The fourth-order valence-electron chi connectivity index (χ4n) is 7.98. The van der Waals surface area contributed by atoms with Crippen molar-refractivity contribution in [2.24, 2.45) is 5.92 Å². The Balaban J connectivity index is 1.05. The van der Waals surface area contributed by atoms with Crippen molar-refractivity contribution in [3.63, 3.8) is 0 Å². The molecule has 0 radical (unpaired) electrons. The van der Waals surface area contributed by atoms with Gasteiger partial charge in [-0.3, -0.25) is 24.0 Å². The summed E-state index contributed by atoms with van der Waals surface area (Å²) in [4.78, 5) is 64.7. The lowest BCUT2D eigenvalue weighted by Crippen LogP contribution is -2.57. The summed E-state index contributed by atoms with van der Waals surface area (Å²) in [6, 6.07) is 2.88. The van der Waals surface area contributed by atoms with Crippen LogP contribution in [0.5, 0.6) is 0 Å². The number of carbonyl (C=O) groups is 4. The zero-order valence-electron chi connectivity index (χ0n) is 28.8. The Morgan fingerprint density at radius 1 is 1.08 bits per heavy atom. The van der Waals surface area contributed by atoms with Crippen molar-refractivity contribution in [1.82, 2.24) is 24.8 Å². The van der Waals surface area contributed by atoms with Crippen LogP contribution in [0.4, 0.5) is 14.3 Å². The Labute approximate surface area is 305 Å². The molecule has 52 heavy (non-hydrogen) atoms. The summed E-state index contributed by atoms with van der Waals surface area (Å²) in [5.41, 5.74) is 0.664. The van der Waals surface area contributed by atoms with Crippen molar-refractivity contribution in [3.8, 4) is 0 Å². The van der Waals surface area contributed by atoms with Crippen LogP contribution in [0.25, 0.3) is 0 Å². The molecule has 4 amide bonds. The Morgan fingerprint density at radius 3 is 2.71 bits per heavy atom. The summed E-state index contributed by atoms with van der Waals surface area (Å²) < 4.78 is 48.1. The number of benzene rings is 1. The van der Waals surface area contributed by atoms with Crippen molar-refractivity contribution >= 4 is 50.3 Å². The first kappa shape index (κ1) is 35.0. The highest BCUT2D eigenvalue weighted by atomic mass is 32.2. The number of carbonyl (C=O) groups excluding carboxylic acids is 4. The van der Waals surface area contributed by atoms with Crippen LogP contribution >= 0.6 is 11.3 Å². The van der Waals surface area contributed by atoms with Crippen LogP contribution in [-0.4, -0.2) is 82.5 Å². The second-order valence-electron chi connectivity index (χ2n) is 14.9. The molecule has 4 heterocycles. The fourth-order valence-corrected chi connectivity index (χ4v) is 10.4. The maximum atomic E-state index is 14.5. The maximum Gasteiger partial charge on any atom is 0.410 e. The van der Waals surface area contributed by atoms with Crippen molar-refractivity contribution in [2.75, 3.05) is 11.9 Å². The van der Waals surface area contributed by atoms with Crippen LogP contribution in [0.2, 0.25) is 0 Å². The Bertz CT molecular complexity index is 1910. The molecule has 2 aromatic rings. The lowest BCUT2D eigenvalue weighted by atomic mass is 10.1. The number of anilines is 1. The van der Waals surface area contributed by atoms with Crippen LogP contribution in [0.15, 0.2) is 30.4 Å². The molecule has 1 aromatic heterocycles. The number of nitrogens with one attached hydrogen (secondary N) is 3. The molecule has 6 aliphatic rings. The van der Waals surface area contributed by atoms with Crippen LogP contribution in [0.1, 0.15) is 85.9 Å². The van der Waals surface area contributed by atoms with E-state index in [1.165, 1.54) is 20.7 Å². The number of thiazole rings is 1. The van der Waals surface area contributed by atoms with Gasteiger partial charge in [0, 0.05) is 29.3 Å². The number of amides is 4. The van der Waals surface area contributed by atoms with Crippen molar-refractivity contribution < 1.29 is 36.7 Å². The van der Waals surface area contributed by atoms with Crippen LogP contribution in [0.3, 0.4) is 0 Å². The highest BCUT2D eigenvalue weighted by Gasteiger charge is 2.62. The Kier molecular flexibility index (Phi) is 9.25. The molecule has 0 unspecified atom stereocenters. The monoisotopic (exact) mass is 754 g/mol. The zero-order valence-corrected chi connectivity index (χ0v) is 30.4. The molecule has 1 saturated heterocycles. The number of aromatic nitrogens is 1. The quantitative estimate of drug-likeness (QED) is 0.373. The molecule has 3 aliphatic heterocycles. The average molecular weight is 755 g/mol. The third-order valence-corrected chi connectivity index (χ3v) is 14.1. The summed E-state index contributed by atoms with van der Waals surface area (Å²) in [5.74, 6) is -2.59. The number of sulfonamides is 1. The van der Waals surface area contributed by atoms with Gasteiger partial charge in [-0.05, 0) is 69.4 Å². The SMILES string of the molecule is O=C1N[C@@]2(C(=O)NS(=O)(=O)C3CC3)C[C@@H]2/C=C\CCCCC[C@H](Nc2nc3c(s2)CCC3)C(=O)N2C[C@H](OC(=O)N3Cc4cccc(F)c4C3)C[C@@H]12. The van der Waals surface area contributed by atoms with Gasteiger partial charge in [-0.25, -0.2) is 22.6 Å². The first-order chi connectivity index (χ1) is 25.0. The van der Waals surface area contributed by atoms with Gasteiger partial charge < -0.3 is 20.3 Å². The smallest absolute Gasteiger partial charge is 0.410 e. The van der Waals surface area contributed by atoms with E-state index in [1.54, 1.807) is 23.5 Å². The number of hydrogen-bond donors (Lipinski definition) is 3. The minimum Gasteiger partial charge on any atom is -0.444 e. The highest BCUT2D eigenvalue weighted by molar-refractivity contribution is 7.91. The number of halogens is 1. The molecule has 8 rings (SSSR count). The molecule has 5 atom stereocenters. The van der Waals surface area contributed by atoms with Crippen LogP contribution in [-0.2, 0) is 55.1 Å². The first-order valence-electron chi connectivity index (χ1n) is 18.3. The third kappa shape index (κ3) is 6.91. The second kappa shape index (κ2) is 13.7. The lowest BCUT2D eigenvalue weighted by molar-refractivity contribution is -0.140. The van der Waals surface area contributed by atoms with E-state index in [0.717, 1.165) is 50.6 Å². The minimum absolute atomic E-state index is 0.0324. The topological polar surface area (TPSA) is 167 Å². The summed E-state index contributed by atoms with van der Waals surface area (Å²) in [5, 5.41) is 6.26. The van der Waals surface area contributed by atoms with E-state index in [-0.39, 0.29) is 38.4 Å². The van der Waals surface area contributed by atoms with Gasteiger partial charge in [0.2, 0.25) is 21.8 Å². The summed E-state index contributed by atoms with van der Waals surface area (Å²) in [6.07, 6.45) is 10.0. The number of fused-ring (bicyclic) bond motifs is 4. The number of nitrogens with zero attached hydrogens (tertiary/aromatic N) is 3. The molecule has 0 spiro atoms. The average Bonchev–Trinajstić information content (AvgIpc) is 3.82. The van der Waals surface area contributed by atoms with E-state index in [2.05, 4.69) is 15.4 Å². The molecular formula is C36H43FN6O7S2. The van der Waals surface area contributed by atoms with E-state index < -0.39 is 68.6 Å². The van der Waals surface area contributed by atoms with Gasteiger partial charge in [0.1, 0.15) is 29.5 Å². The van der Waals surface area contributed by atoms with E-state index in [9.17, 15) is 32.0 Å². The summed E-state index contributed by atoms with van der Waals surface area (Å²) in [6.45, 7) is 0.147. The van der Waals surface area contributed by atoms with E-state index in [4.69, 9.17) is 9.72 Å². The number of rotatable bonds is 6. The minimum atomic E-state index is -3.88. The van der Waals surface area contributed by atoms with Gasteiger partial charge in [-0.2, -0.15) is 0 Å². The number of hydrogen-bond acceptors (Lipinski definition) is 10. The molecule has 3 N–H and O–H groups in total. The summed E-state index contributed by atoms with van der Waals surface area (Å²) in [7, 11) is -3.88. The van der Waals surface area contributed by atoms with Gasteiger partial charge in [0.15, 0.2) is 5.13 Å². The number of aryl methyl sites for hydroxylation is 2. The van der Waals surface area contributed by atoms with Crippen molar-refractivity contribution in [1.29, 1.82) is 0 Å². The molecule has 1 aromatic carbocycles. The fraction of sp³-hybridized carbons (Fsp3) is 0.583. The molecule has 0 bridgehead atoms. The van der Waals surface area contributed by atoms with Gasteiger partial charge in [0.25, 0.3) is 5.91 Å². The standard InChI is InChI=1S/C36H43FN6O7S2/c37-26-10-6-8-21-18-42(20-25(21)26)35(47)50-23-16-29-31(44)40-36(33(46)41-52(48,49)24-14-15-24)17-22(36)9-4-2-1-3-5-11-28(32(45)43(29)19-23)39-34-38-27-12-7-13-30(27)51-34/h4,6,8-10,22-24,28-29H,1-3,5,7,11-20H2,(H,38,39)(H,40,44)(H,41,46)/b9-4-/t22-,23+,28-,29-,36-/m0/s1. The molecule has 13 nitrogen and oxygen atoms in total. The Hall–Kier alpha value is -4.05. The molecule has 3 fully saturated rings. The maximum absolute atomic E-state index is 14.5. The third-order valence-electron chi connectivity index (χ3n) is 11.2. The second-order valence-corrected chi connectivity index (χ2v) is 18.0.